The van der Waals surface area contributed by atoms with Crippen molar-refractivity contribution in [1.82, 2.24) is 10.4 Å². The molecule has 0 unspecified atom stereocenters. The van der Waals surface area contributed by atoms with E-state index in [1.807, 2.05) is 20.8 Å². The molecular formula is C16H24N4O3S. The number of carbonyl (C=O) groups is 1. The van der Waals surface area contributed by atoms with Crippen LogP contribution in [0.4, 0.5) is 0 Å². The molecule has 1 aliphatic heterocycles. The molecule has 2 N–H and O–H groups in total. The Morgan fingerprint density at radius 1 is 1.46 bits per heavy atom. The largest absolute Gasteiger partial charge is 0.462 e. The Labute approximate surface area is 146 Å². The van der Waals surface area contributed by atoms with Crippen molar-refractivity contribution < 1.29 is 14.3 Å². The number of carbonyl (C=O) groups excluding carboxylic acids is 1. The molecule has 0 spiro atoms. The summed E-state index contributed by atoms with van der Waals surface area (Å²) in [6.45, 7) is 8.49. The minimum Gasteiger partial charge on any atom is -0.462 e. The fourth-order valence-corrected chi connectivity index (χ4v) is 3.38. The summed E-state index contributed by atoms with van der Waals surface area (Å²) in [5, 5.41) is 5.18. The first-order valence-electron chi connectivity index (χ1n) is 7.86. The number of esters is 1. The Kier molecular flexibility index (Phi) is 6.44. The summed E-state index contributed by atoms with van der Waals surface area (Å²) in [5.41, 5.74) is 6.94. The van der Waals surface area contributed by atoms with E-state index in [1.54, 1.807) is 25.8 Å². The van der Waals surface area contributed by atoms with Crippen molar-refractivity contribution >= 4 is 28.6 Å². The van der Waals surface area contributed by atoms with Gasteiger partial charge in [-0.15, -0.1) is 0 Å². The van der Waals surface area contributed by atoms with Crippen LogP contribution < -0.4 is 5.43 Å². The van der Waals surface area contributed by atoms with E-state index in [2.05, 4.69) is 20.5 Å². The number of aliphatic imine (C=N–C) groups is 1. The molecule has 0 bridgehead atoms. The van der Waals surface area contributed by atoms with Crippen molar-refractivity contribution in [1.29, 1.82) is 0 Å². The lowest BCUT2D eigenvalue weighted by Crippen LogP contribution is -2.27. The molecule has 1 atom stereocenters. The molecule has 2 rings (SSSR count). The summed E-state index contributed by atoms with van der Waals surface area (Å²) in [6, 6.07) is 0.0756. The molecule has 132 valence electrons. The lowest BCUT2D eigenvalue weighted by molar-refractivity contribution is 0.0525. The summed E-state index contributed by atoms with van der Waals surface area (Å²) in [6.07, 6.45) is 0. The molecule has 0 radical (unpaired) electrons. The Morgan fingerprint density at radius 3 is 2.79 bits per heavy atom. The third kappa shape index (κ3) is 4.18. The Balaban J connectivity index is 2.18. The first kappa shape index (κ1) is 18.5. The monoisotopic (exact) mass is 352 g/mol. The molecule has 0 saturated heterocycles. The van der Waals surface area contributed by atoms with Crippen molar-refractivity contribution in [3.05, 3.63) is 22.5 Å². The lowest BCUT2D eigenvalue weighted by Gasteiger charge is -2.16. The van der Waals surface area contributed by atoms with Gasteiger partial charge in [-0.2, -0.15) is 5.10 Å². The van der Waals surface area contributed by atoms with E-state index in [4.69, 9.17) is 9.47 Å². The standard InChI is InChI=1S/C16H24N4O3S/c1-6-23-15(21)13-10(3)14(18-11(13)4)12-8-24-16(20-19-12)17-9(2)7-22-5/h9,18H,6-8H2,1-5H3,(H,17,20)/t9-/m1/s1. The number of H-pyrrole nitrogens is 1. The number of aromatic nitrogens is 1. The van der Waals surface area contributed by atoms with Crippen LogP contribution in [0.1, 0.15) is 41.2 Å². The molecule has 8 heteroatoms. The van der Waals surface area contributed by atoms with Crippen LogP contribution >= 0.6 is 11.8 Å². The molecule has 2 heterocycles. The number of nitrogens with zero attached hydrogens (tertiary/aromatic N) is 2. The number of hydrazone groups is 1. The number of rotatable bonds is 6. The second-order valence-electron chi connectivity index (χ2n) is 5.54. The van der Waals surface area contributed by atoms with Gasteiger partial charge < -0.3 is 14.5 Å². The maximum absolute atomic E-state index is 12.1. The van der Waals surface area contributed by atoms with Gasteiger partial charge in [0.15, 0.2) is 5.17 Å². The van der Waals surface area contributed by atoms with Gasteiger partial charge in [0.2, 0.25) is 0 Å². The first-order valence-corrected chi connectivity index (χ1v) is 8.85. The van der Waals surface area contributed by atoms with Crippen LogP contribution in [0.5, 0.6) is 0 Å². The van der Waals surface area contributed by atoms with E-state index < -0.39 is 0 Å². The molecular weight excluding hydrogens is 328 g/mol. The number of hydrogen-bond donors (Lipinski definition) is 2. The molecule has 0 aliphatic carbocycles. The summed E-state index contributed by atoms with van der Waals surface area (Å²) in [5.74, 6) is 0.372. The molecule has 1 aromatic heterocycles. The van der Waals surface area contributed by atoms with E-state index in [1.165, 1.54) is 0 Å². The summed E-state index contributed by atoms with van der Waals surface area (Å²) < 4.78 is 10.2. The average Bonchev–Trinajstić information content (AvgIpc) is 2.83. The molecule has 1 aromatic rings. The number of aromatic amines is 1. The zero-order chi connectivity index (χ0) is 17.7. The minimum atomic E-state index is -0.303. The molecule has 7 nitrogen and oxygen atoms in total. The highest BCUT2D eigenvalue weighted by atomic mass is 32.2. The third-order valence-corrected chi connectivity index (χ3v) is 4.47. The predicted octanol–water partition coefficient (Wildman–Crippen LogP) is 2.24. The maximum atomic E-state index is 12.1. The van der Waals surface area contributed by atoms with E-state index >= 15 is 0 Å². The Hall–Kier alpha value is -1.80. The topological polar surface area (TPSA) is 88.1 Å². The van der Waals surface area contributed by atoms with Gasteiger partial charge >= 0.3 is 5.97 Å². The summed E-state index contributed by atoms with van der Waals surface area (Å²) >= 11 is 1.58. The van der Waals surface area contributed by atoms with E-state index in [-0.39, 0.29) is 12.0 Å². The van der Waals surface area contributed by atoms with E-state index in [0.717, 1.165) is 27.8 Å². The van der Waals surface area contributed by atoms with Crippen LogP contribution in [0.15, 0.2) is 10.1 Å². The van der Waals surface area contributed by atoms with Crippen molar-refractivity contribution in [2.75, 3.05) is 26.1 Å². The average molecular weight is 352 g/mol. The van der Waals surface area contributed by atoms with Gasteiger partial charge in [-0.1, -0.05) is 11.8 Å². The molecule has 0 saturated carbocycles. The number of aryl methyl sites for hydroxylation is 1. The number of thioether (sulfide) groups is 1. The second kappa shape index (κ2) is 8.34. The SMILES string of the molecule is CCOC(=O)c1c(C)[nH]c(C2=NNC(=N[C@H](C)COC)SC2)c1C. The minimum absolute atomic E-state index is 0.0756. The van der Waals surface area contributed by atoms with Gasteiger partial charge in [0.1, 0.15) is 0 Å². The van der Waals surface area contributed by atoms with Gasteiger partial charge in [-0.05, 0) is 33.3 Å². The lowest BCUT2D eigenvalue weighted by atomic mass is 10.1. The van der Waals surface area contributed by atoms with Crippen molar-refractivity contribution in [3.63, 3.8) is 0 Å². The molecule has 0 aromatic carbocycles. The number of nitrogens with one attached hydrogen (secondary N) is 2. The van der Waals surface area contributed by atoms with Crippen LogP contribution in [0.25, 0.3) is 0 Å². The summed E-state index contributed by atoms with van der Waals surface area (Å²) in [4.78, 5) is 19.8. The zero-order valence-electron chi connectivity index (χ0n) is 14.7. The van der Waals surface area contributed by atoms with Gasteiger partial charge in [0.05, 0.1) is 36.2 Å². The normalized spacial score (nSPS) is 17.4. The van der Waals surface area contributed by atoms with Crippen LogP contribution in [0.3, 0.4) is 0 Å². The van der Waals surface area contributed by atoms with Crippen LogP contribution in [-0.2, 0) is 9.47 Å². The van der Waals surface area contributed by atoms with Crippen molar-refractivity contribution in [3.8, 4) is 0 Å². The van der Waals surface area contributed by atoms with Crippen LogP contribution in [-0.4, -0.2) is 54.0 Å². The van der Waals surface area contributed by atoms with Gasteiger partial charge in [0.25, 0.3) is 0 Å². The number of ether oxygens (including phenoxy) is 2. The van der Waals surface area contributed by atoms with Crippen LogP contribution in [0, 0.1) is 13.8 Å². The quantitative estimate of drug-likeness (QED) is 0.767. The second-order valence-corrected chi connectivity index (χ2v) is 6.51. The van der Waals surface area contributed by atoms with Crippen molar-refractivity contribution in [2.45, 2.75) is 33.7 Å². The highest BCUT2D eigenvalue weighted by molar-refractivity contribution is 8.14. The molecule has 0 amide bonds. The smallest absolute Gasteiger partial charge is 0.340 e. The molecule has 24 heavy (non-hydrogen) atoms. The molecule has 0 fully saturated rings. The fraction of sp³-hybridized carbons (Fsp3) is 0.562. The third-order valence-electron chi connectivity index (χ3n) is 3.58. The fourth-order valence-electron chi connectivity index (χ4n) is 2.54. The number of methoxy groups -OCH3 is 1. The highest BCUT2D eigenvalue weighted by Crippen LogP contribution is 2.22. The number of amidine groups is 1. The zero-order valence-corrected chi connectivity index (χ0v) is 15.5. The molecule has 1 aliphatic rings. The van der Waals surface area contributed by atoms with E-state index in [9.17, 15) is 4.79 Å². The number of hydrogen-bond acceptors (Lipinski definition) is 6. The first-order chi connectivity index (χ1) is 11.5. The van der Waals surface area contributed by atoms with Crippen LogP contribution in [0.2, 0.25) is 0 Å². The van der Waals surface area contributed by atoms with Gasteiger partial charge in [-0.3, -0.25) is 10.4 Å². The highest BCUT2D eigenvalue weighted by Gasteiger charge is 2.23. The van der Waals surface area contributed by atoms with Gasteiger partial charge in [0, 0.05) is 18.6 Å². The van der Waals surface area contributed by atoms with Gasteiger partial charge in [-0.25, -0.2) is 4.79 Å². The van der Waals surface area contributed by atoms with E-state index in [0.29, 0.717) is 24.5 Å². The van der Waals surface area contributed by atoms with Crippen molar-refractivity contribution in [2.24, 2.45) is 10.1 Å². The summed E-state index contributed by atoms with van der Waals surface area (Å²) in [7, 11) is 1.66. The maximum Gasteiger partial charge on any atom is 0.340 e. The predicted molar refractivity (Wildman–Crippen MR) is 97.1 cm³/mol. The Morgan fingerprint density at radius 2 is 2.21 bits per heavy atom. The Bertz CT molecular complexity index is 667.